The molecule has 0 fully saturated rings. The van der Waals surface area contributed by atoms with Gasteiger partial charge < -0.3 is 19.9 Å². The first-order valence-electron chi connectivity index (χ1n) is 10.7. The molecular weight excluding hydrogens is 517 g/mol. The van der Waals surface area contributed by atoms with E-state index in [1.165, 1.54) is 0 Å². The summed E-state index contributed by atoms with van der Waals surface area (Å²) in [5.74, 6) is 2.51. The van der Waals surface area contributed by atoms with Crippen LogP contribution >= 0.6 is 24.0 Å². The Hall–Kier alpha value is -2.62. The molecule has 0 spiro atoms. The number of pyridine rings is 1. The fourth-order valence-electron chi connectivity index (χ4n) is 3.30. The Bertz CT molecular complexity index is 958. The summed E-state index contributed by atoms with van der Waals surface area (Å²) in [6.45, 7) is 5.86. The molecule has 0 amide bonds. The van der Waals surface area contributed by atoms with Crippen molar-refractivity contribution < 1.29 is 9.26 Å². The minimum absolute atomic E-state index is 0. The van der Waals surface area contributed by atoms with E-state index in [2.05, 4.69) is 39.6 Å². The molecule has 2 aromatic heterocycles. The Kier molecular flexibility index (Phi) is 11.0. The molecule has 0 unspecified atom stereocenters. The maximum absolute atomic E-state index is 5.93. The van der Waals surface area contributed by atoms with Gasteiger partial charge in [0.25, 0.3) is 0 Å². The average molecular weight is 549 g/mol. The summed E-state index contributed by atoms with van der Waals surface area (Å²) >= 11 is 0. The van der Waals surface area contributed by atoms with Crippen LogP contribution < -0.4 is 15.4 Å². The van der Waals surface area contributed by atoms with Crippen molar-refractivity contribution in [2.75, 3.05) is 7.05 Å². The van der Waals surface area contributed by atoms with Crippen LogP contribution in [-0.2, 0) is 19.7 Å². The minimum Gasteiger partial charge on any atom is -0.473 e. The van der Waals surface area contributed by atoms with Gasteiger partial charge in [-0.15, -0.1) is 24.0 Å². The molecule has 7 nitrogen and oxygen atoms in total. The molecule has 0 saturated heterocycles. The van der Waals surface area contributed by atoms with Crippen molar-refractivity contribution in [2.24, 2.45) is 4.99 Å². The molecule has 0 saturated carbocycles. The third kappa shape index (κ3) is 7.51. The highest BCUT2D eigenvalue weighted by molar-refractivity contribution is 14.0. The molecular formula is C24H32IN5O2. The molecule has 3 rings (SSSR count). The third-order valence-electron chi connectivity index (χ3n) is 5.15. The highest BCUT2D eigenvalue weighted by Crippen LogP contribution is 2.22. The Labute approximate surface area is 207 Å². The van der Waals surface area contributed by atoms with Crippen LogP contribution in [0.15, 0.2) is 64.2 Å². The summed E-state index contributed by atoms with van der Waals surface area (Å²) in [6.07, 6.45) is 3.84. The van der Waals surface area contributed by atoms with Gasteiger partial charge in [-0.25, -0.2) is 4.98 Å². The molecule has 0 aliphatic heterocycles. The SMILES string of the molecule is CCC(CC)c1cc(CNC(=NC)NCc2cccnc2OCc2ccccc2)on1.I. The molecule has 0 radical (unpaired) electrons. The van der Waals surface area contributed by atoms with Crippen LogP contribution in [0.1, 0.15) is 55.2 Å². The lowest BCUT2D eigenvalue weighted by Gasteiger charge is -2.13. The molecule has 3 aromatic rings. The van der Waals surface area contributed by atoms with E-state index < -0.39 is 0 Å². The van der Waals surface area contributed by atoms with E-state index in [-0.39, 0.29) is 24.0 Å². The van der Waals surface area contributed by atoms with Crippen molar-refractivity contribution in [1.29, 1.82) is 0 Å². The highest BCUT2D eigenvalue weighted by Gasteiger charge is 2.13. The molecule has 2 N–H and O–H groups in total. The largest absolute Gasteiger partial charge is 0.473 e. The summed E-state index contributed by atoms with van der Waals surface area (Å²) in [6, 6.07) is 16.0. The van der Waals surface area contributed by atoms with Crippen molar-refractivity contribution >= 4 is 29.9 Å². The zero-order valence-electron chi connectivity index (χ0n) is 18.9. The third-order valence-corrected chi connectivity index (χ3v) is 5.15. The Morgan fingerprint density at radius 3 is 2.53 bits per heavy atom. The number of guanidine groups is 1. The number of nitrogens with one attached hydrogen (secondary N) is 2. The van der Waals surface area contributed by atoms with E-state index in [1.54, 1.807) is 13.2 Å². The zero-order valence-corrected chi connectivity index (χ0v) is 21.2. The average Bonchev–Trinajstić information content (AvgIpc) is 3.28. The number of nitrogens with zero attached hydrogens (tertiary/aromatic N) is 3. The fourth-order valence-corrected chi connectivity index (χ4v) is 3.30. The summed E-state index contributed by atoms with van der Waals surface area (Å²) in [5, 5.41) is 10.8. The Morgan fingerprint density at radius 2 is 1.81 bits per heavy atom. The van der Waals surface area contributed by atoms with Crippen LogP contribution in [-0.4, -0.2) is 23.1 Å². The molecule has 172 valence electrons. The molecule has 0 bridgehead atoms. The predicted octanol–water partition coefficient (Wildman–Crippen LogP) is 5.04. The number of aliphatic imine (C=N–C) groups is 1. The van der Waals surface area contributed by atoms with E-state index in [1.807, 2.05) is 48.5 Å². The van der Waals surface area contributed by atoms with Crippen LogP contribution in [0.4, 0.5) is 0 Å². The lowest BCUT2D eigenvalue weighted by molar-refractivity contribution is 0.290. The van der Waals surface area contributed by atoms with Gasteiger partial charge in [0, 0.05) is 37.3 Å². The Balaban J connectivity index is 0.00000363. The van der Waals surface area contributed by atoms with Crippen molar-refractivity contribution in [3.8, 4) is 5.88 Å². The van der Waals surface area contributed by atoms with E-state index >= 15 is 0 Å². The molecule has 32 heavy (non-hydrogen) atoms. The van der Waals surface area contributed by atoms with E-state index in [4.69, 9.17) is 9.26 Å². The smallest absolute Gasteiger partial charge is 0.218 e. The zero-order chi connectivity index (χ0) is 21.9. The second kappa shape index (κ2) is 13.7. The Morgan fingerprint density at radius 1 is 1.06 bits per heavy atom. The predicted molar refractivity (Wildman–Crippen MR) is 137 cm³/mol. The van der Waals surface area contributed by atoms with Crippen LogP contribution in [0.5, 0.6) is 5.88 Å². The van der Waals surface area contributed by atoms with Gasteiger partial charge in [0.1, 0.15) is 6.61 Å². The van der Waals surface area contributed by atoms with E-state index in [0.29, 0.717) is 37.5 Å². The molecule has 0 aliphatic carbocycles. The standard InChI is InChI=1S/C24H31N5O2.HI/c1-4-19(5-2)22-14-21(31-29-22)16-28-24(25-3)27-15-20-12-9-13-26-23(20)30-17-18-10-7-6-8-11-18;/h6-14,19H,4-5,15-17H2,1-3H3,(H2,25,27,28);1H. The monoisotopic (exact) mass is 549 g/mol. The van der Waals surface area contributed by atoms with Crippen LogP contribution in [0.25, 0.3) is 0 Å². The first-order chi connectivity index (χ1) is 15.2. The van der Waals surface area contributed by atoms with Crippen molar-refractivity contribution in [1.82, 2.24) is 20.8 Å². The van der Waals surface area contributed by atoms with Crippen LogP contribution in [0, 0.1) is 0 Å². The maximum Gasteiger partial charge on any atom is 0.218 e. The van der Waals surface area contributed by atoms with Gasteiger partial charge in [-0.2, -0.15) is 0 Å². The summed E-state index contributed by atoms with van der Waals surface area (Å²) < 4.78 is 11.4. The number of hydrogen-bond acceptors (Lipinski definition) is 5. The summed E-state index contributed by atoms with van der Waals surface area (Å²) in [5.41, 5.74) is 3.07. The quantitative estimate of drug-likeness (QED) is 0.210. The summed E-state index contributed by atoms with van der Waals surface area (Å²) in [7, 11) is 1.74. The number of halogens is 1. The first-order valence-corrected chi connectivity index (χ1v) is 10.7. The van der Waals surface area contributed by atoms with Gasteiger partial charge in [-0.05, 0) is 24.5 Å². The number of aromatic nitrogens is 2. The molecule has 1 aromatic carbocycles. The summed E-state index contributed by atoms with van der Waals surface area (Å²) in [4.78, 5) is 8.67. The number of rotatable bonds is 10. The van der Waals surface area contributed by atoms with Gasteiger partial charge in [0.2, 0.25) is 5.88 Å². The van der Waals surface area contributed by atoms with Gasteiger partial charge >= 0.3 is 0 Å². The molecule has 2 heterocycles. The topological polar surface area (TPSA) is 84.6 Å². The molecule has 0 atom stereocenters. The fraction of sp³-hybridized carbons (Fsp3) is 0.375. The van der Waals surface area contributed by atoms with E-state index in [9.17, 15) is 0 Å². The van der Waals surface area contributed by atoms with Gasteiger partial charge in [0.15, 0.2) is 11.7 Å². The van der Waals surface area contributed by atoms with Crippen molar-refractivity contribution in [3.05, 3.63) is 77.3 Å². The van der Waals surface area contributed by atoms with Crippen LogP contribution in [0.3, 0.4) is 0 Å². The van der Waals surface area contributed by atoms with Crippen LogP contribution in [0.2, 0.25) is 0 Å². The van der Waals surface area contributed by atoms with Gasteiger partial charge in [-0.1, -0.05) is 55.4 Å². The van der Waals surface area contributed by atoms with Gasteiger partial charge in [0.05, 0.1) is 12.2 Å². The van der Waals surface area contributed by atoms with Gasteiger partial charge in [-0.3, -0.25) is 4.99 Å². The lowest BCUT2D eigenvalue weighted by atomic mass is 9.99. The molecule has 0 aliphatic rings. The lowest BCUT2D eigenvalue weighted by Crippen LogP contribution is -2.36. The number of benzene rings is 1. The second-order valence-corrected chi connectivity index (χ2v) is 7.25. The van der Waals surface area contributed by atoms with E-state index in [0.717, 1.165) is 35.4 Å². The number of ether oxygens (including phenoxy) is 1. The first kappa shape index (κ1) is 25.6. The normalized spacial score (nSPS) is 11.2. The second-order valence-electron chi connectivity index (χ2n) is 7.25. The maximum atomic E-state index is 5.93. The highest BCUT2D eigenvalue weighted by atomic mass is 127. The van der Waals surface area contributed by atoms with Crippen molar-refractivity contribution in [2.45, 2.75) is 52.3 Å². The number of hydrogen-bond donors (Lipinski definition) is 2. The van der Waals surface area contributed by atoms with Crippen molar-refractivity contribution in [3.63, 3.8) is 0 Å². The minimum atomic E-state index is 0. The molecule has 8 heteroatoms.